The van der Waals surface area contributed by atoms with Crippen LogP contribution in [0.4, 0.5) is 5.69 Å². The van der Waals surface area contributed by atoms with Gasteiger partial charge >= 0.3 is 5.97 Å². The summed E-state index contributed by atoms with van der Waals surface area (Å²) in [6.07, 6.45) is 1.93. The second-order valence-corrected chi connectivity index (χ2v) is 6.47. The molecule has 0 aromatic heterocycles. The van der Waals surface area contributed by atoms with E-state index in [9.17, 15) is 24.5 Å². The second-order valence-electron chi connectivity index (χ2n) is 6.47. The van der Waals surface area contributed by atoms with Crippen LogP contribution in [0.5, 0.6) is 0 Å². The molecule has 9 heteroatoms. The van der Waals surface area contributed by atoms with Gasteiger partial charge in [0.25, 0.3) is 11.6 Å². The van der Waals surface area contributed by atoms with E-state index < -0.39 is 16.7 Å². The molecule has 9 nitrogen and oxygen atoms in total. The van der Waals surface area contributed by atoms with Gasteiger partial charge in [-0.15, -0.1) is 0 Å². The largest absolute Gasteiger partial charge is 0.466 e. The number of nitro groups is 1. The van der Waals surface area contributed by atoms with Gasteiger partial charge < -0.3 is 4.74 Å². The fourth-order valence-electron chi connectivity index (χ4n) is 2.59. The van der Waals surface area contributed by atoms with Crippen molar-refractivity contribution in [1.82, 2.24) is 10.9 Å². The summed E-state index contributed by atoms with van der Waals surface area (Å²) in [6, 6.07) is 15.0. The standard InChI is InChI=1S/C21H23N3O6/c25-19(22-23-21(27)17-10-4-11-18(15-17)24(28)29)12-5-13-20(26)30-14-6-9-16-7-2-1-3-8-16/h1-4,7-8,10-11,15H,5-6,9,12-14H2,(H,22,25)(H,23,27). The lowest BCUT2D eigenvalue weighted by Gasteiger charge is -2.08. The molecule has 0 radical (unpaired) electrons. The van der Waals surface area contributed by atoms with E-state index in [4.69, 9.17) is 4.74 Å². The van der Waals surface area contributed by atoms with Crippen LogP contribution in [-0.2, 0) is 20.7 Å². The zero-order valence-corrected chi connectivity index (χ0v) is 16.3. The van der Waals surface area contributed by atoms with Crippen LogP contribution in [0.1, 0.15) is 41.6 Å². The lowest BCUT2D eigenvalue weighted by atomic mass is 10.1. The molecule has 2 rings (SSSR count). The first kappa shape index (κ1) is 22.5. The zero-order valence-electron chi connectivity index (χ0n) is 16.3. The van der Waals surface area contributed by atoms with E-state index in [0.717, 1.165) is 18.9 Å². The molecule has 158 valence electrons. The van der Waals surface area contributed by atoms with Gasteiger partial charge in [0.2, 0.25) is 5.91 Å². The van der Waals surface area contributed by atoms with E-state index >= 15 is 0 Å². The van der Waals surface area contributed by atoms with Gasteiger partial charge in [-0.25, -0.2) is 0 Å². The highest BCUT2D eigenvalue weighted by molar-refractivity contribution is 5.95. The maximum absolute atomic E-state index is 11.9. The minimum Gasteiger partial charge on any atom is -0.466 e. The Hall–Kier alpha value is -3.75. The van der Waals surface area contributed by atoms with Crippen molar-refractivity contribution in [2.75, 3.05) is 6.61 Å². The van der Waals surface area contributed by atoms with E-state index in [1.54, 1.807) is 0 Å². The third-order valence-corrected chi connectivity index (χ3v) is 4.14. The Morgan fingerprint density at radius 2 is 1.70 bits per heavy atom. The van der Waals surface area contributed by atoms with Crippen LogP contribution in [0.25, 0.3) is 0 Å². The average molecular weight is 413 g/mol. The number of carbonyl (C=O) groups is 3. The number of benzene rings is 2. The van der Waals surface area contributed by atoms with Gasteiger partial charge in [-0.1, -0.05) is 36.4 Å². The normalized spacial score (nSPS) is 10.1. The highest BCUT2D eigenvalue weighted by atomic mass is 16.6. The lowest BCUT2D eigenvalue weighted by Crippen LogP contribution is -2.41. The number of hydrazine groups is 1. The van der Waals surface area contributed by atoms with Crippen molar-refractivity contribution in [2.24, 2.45) is 0 Å². The maximum atomic E-state index is 11.9. The Balaban J connectivity index is 1.58. The first-order chi connectivity index (χ1) is 14.5. The van der Waals surface area contributed by atoms with Crippen molar-refractivity contribution in [3.05, 3.63) is 75.8 Å². The molecule has 0 unspecified atom stereocenters. The Bertz CT molecular complexity index is 885. The number of carbonyl (C=O) groups excluding carboxylic acids is 3. The molecule has 0 fully saturated rings. The molecule has 30 heavy (non-hydrogen) atoms. The van der Waals surface area contributed by atoms with Crippen LogP contribution >= 0.6 is 0 Å². The summed E-state index contributed by atoms with van der Waals surface area (Å²) < 4.78 is 5.14. The summed E-state index contributed by atoms with van der Waals surface area (Å²) in [5.41, 5.74) is 5.39. The van der Waals surface area contributed by atoms with E-state index in [1.165, 1.54) is 23.8 Å². The van der Waals surface area contributed by atoms with Gasteiger partial charge in [0.05, 0.1) is 11.5 Å². The maximum Gasteiger partial charge on any atom is 0.305 e. The number of nitrogens with one attached hydrogen (secondary N) is 2. The molecule has 0 aliphatic rings. The van der Waals surface area contributed by atoms with Gasteiger partial charge in [0.15, 0.2) is 0 Å². The number of esters is 1. The van der Waals surface area contributed by atoms with Gasteiger partial charge in [-0.05, 0) is 30.9 Å². The average Bonchev–Trinajstić information content (AvgIpc) is 2.76. The second kappa shape index (κ2) is 11.9. The molecule has 0 aliphatic carbocycles. The molecule has 0 bridgehead atoms. The number of nitrogens with zero attached hydrogens (tertiary/aromatic N) is 1. The Labute approximate surface area is 173 Å². The first-order valence-corrected chi connectivity index (χ1v) is 9.49. The predicted octanol–water partition coefficient (Wildman–Crippen LogP) is 2.70. The smallest absolute Gasteiger partial charge is 0.305 e. The van der Waals surface area contributed by atoms with E-state index in [1.807, 2.05) is 30.3 Å². The third kappa shape index (κ3) is 8.09. The minimum atomic E-state index is -0.676. The molecule has 0 aliphatic heterocycles. The molecule has 0 saturated carbocycles. The van der Waals surface area contributed by atoms with Crippen LogP contribution in [0, 0.1) is 10.1 Å². The van der Waals surface area contributed by atoms with Gasteiger partial charge in [0, 0.05) is 30.5 Å². The van der Waals surface area contributed by atoms with Crippen molar-refractivity contribution in [3.63, 3.8) is 0 Å². The van der Waals surface area contributed by atoms with Crippen LogP contribution in [0.15, 0.2) is 54.6 Å². The van der Waals surface area contributed by atoms with Crippen molar-refractivity contribution in [1.29, 1.82) is 0 Å². The first-order valence-electron chi connectivity index (χ1n) is 9.49. The predicted molar refractivity (Wildman–Crippen MR) is 108 cm³/mol. The monoisotopic (exact) mass is 413 g/mol. The molecule has 0 spiro atoms. The number of amides is 2. The minimum absolute atomic E-state index is 0.0222. The Morgan fingerprint density at radius 1 is 0.933 bits per heavy atom. The van der Waals surface area contributed by atoms with Gasteiger partial charge in [-0.2, -0.15) is 0 Å². The summed E-state index contributed by atoms with van der Waals surface area (Å²) in [6.45, 7) is 0.319. The van der Waals surface area contributed by atoms with Crippen LogP contribution < -0.4 is 10.9 Å². The van der Waals surface area contributed by atoms with E-state index in [-0.39, 0.29) is 36.5 Å². The molecule has 2 N–H and O–H groups in total. The third-order valence-electron chi connectivity index (χ3n) is 4.14. The number of aryl methyl sites for hydroxylation is 1. The van der Waals surface area contributed by atoms with E-state index in [2.05, 4.69) is 10.9 Å². The SMILES string of the molecule is O=C(CCCC(=O)OCCCc1ccccc1)NNC(=O)c1cccc([N+](=O)[O-])c1. The fraction of sp³-hybridized carbons (Fsp3) is 0.286. The highest BCUT2D eigenvalue weighted by Gasteiger charge is 2.12. The topological polar surface area (TPSA) is 128 Å². The number of hydrogen-bond acceptors (Lipinski definition) is 6. The van der Waals surface area contributed by atoms with Crippen LogP contribution in [0.3, 0.4) is 0 Å². The number of non-ortho nitro benzene ring substituents is 1. The number of rotatable bonds is 10. The number of ether oxygens (including phenoxy) is 1. The molecule has 2 aromatic rings. The summed E-state index contributed by atoms with van der Waals surface area (Å²) in [5.74, 6) is -1.54. The lowest BCUT2D eigenvalue weighted by molar-refractivity contribution is -0.384. The highest BCUT2D eigenvalue weighted by Crippen LogP contribution is 2.12. The van der Waals surface area contributed by atoms with E-state index in [0.29, 0.717) is 6.61 Å². The van der Waals surface area contributed by atoms with Crippen molar-refractivity contribution in [2.45, 2.75) is 32.1 Å². The van der Waals surface area contributed by atoms with Crippen molar-refractivity contribution in [3.8, 4) is 0 Å². The summed E-state index contributed by atoms with van der Waals surface area (Å²) in [4.78, 5) is 45.5. The number of hydrogen-bond donors (Lipinski definition) is 2. The molecular weight excluding hydrogens is 390 g/mol. The molecular formula is C21H23N3O6. The zero-order chi connectivity index (χ0) is 21.8. The van der Waals surface area contributed by atoms with Crippen LogP contribution in [0.2, 0.25) is 0 Å². The Morgan fingerprint density at radius 3 is 2.43 bits per heavy atom. The Kier molecular flexibility index (Phi) is 8.98. The molecule has 2 amide bonds. The summed E-state index contributed by atoms with van der Waals surface area (Å²) >= 11 is 0. The van der Waals surface area contributed by atoms with Crippen molar-refractivity contribution < 1.29 is 24.0 Å². The van der Waals surface area contributed by atoms with Gasteiger partial charge in [0.1, 0.15) is 0 Å². The molecule has 0 heterocycles. The molecule has 0 atom stereocenters. The molecule has 2 aromatic carbocycles. The number of nitro benzene ring substituents is 1. The van der Waals surface area contributed by atoms with Gasteiger partial charge in [-0.3, -0.25) is 35.3 Å². The van der Waals surface area contributed by atoms with Crippen molar-refractivity contribution >= 4 is 23.5 Å². The summed E-state index contributed by atoms with van der Waals surface area (Å²) in [7, 11) is 0. The molecule has 0 saturated heterocycles. The quantitative estimate of drug-likeness (QED) is 0.267. The fourth-order valence-corrected chi connectivity index (χ4v) is 2.59. The summed E-state index contributed by atoms with van der Waals surface area (Å²) in [5, 5.41) is 10.7. The van der Waals surface area contributed by atoms with Crippen LogP contribution in [-0.4, -0.2) is 29.3 Å².